The third kappa shape index (κ3) is 3.01. The summed E-state index contributed by atoms with van der Waals surface area (Å²) in [5, 5.41) is 0. The lowest BCUT2D eigenvalue weighted by molar-refractivity contribution is 0.299. The van der Waals surface area contributed by atoms with Crippen LogP contribution in [-0.4, -0.2) is 9.38 Å². The van der Waals surface area contributed by atoms with Gasteiger partial charge in [0, 0.05) is 12.3 Å². The molecule has 3 rings (SSSR count). The number of benzene rings is 1. The number of nitrogens with zero attached hydrogens (tertiary/aromatic N) is 2. The second-order valence-corrected chi connectivity index (χ2v) is 5.74. The lowest BCUT2D eigenvalue weighted by Gasteiger charge is -2.09. The topological polar surface area (TPSA) is 43.6 Å². The average Bonchev–Trinajstić information content (AvgIpc) is 2.46. The number of aromatic nitrogens is 2. The minimum absolute atomic E-state index is 0.129. The molecule has 2 heterocycles. The van der Waals surface area contributed by atoms with Crippen LogP contribution in [0.15, 0.2) is 51.9 Å². The molecule has 0 saturated heterocycles. The summed E-state index contributed by atoms with van der Waals surface area (Å²) < 4.78 is 20.6. The summed E-state index contributed by atoms with van der Waals surface area (Å²) in [5.41, 5.74) is 1.95. The molecular formula is C16H12BrFN2O2. The van der Waals surface area contributed by atoms with Crippen LogP contribution in [0.4, 0.5) is 4.39 Å². The van der Waals surface area contributed by atoms with Crippen LogP contribution in [0.3, 0.4) is 0 Å². The molecule has 2 aromatic heterocycles. The van der Waals surface area contributed by atoms with Crippen molar-refractivity contribution < 1.29 is 9.13 Å². The average molecular weight is 363 g/mol. The van der Waals surface area contributed by atoms with Crippen LogP contribution < -0.4 is 10.3 Å². The smallest absolute Gasteiger partial charge is 0.258 e. The van der Waals surface area contributed by atoms with Gasteiger partial charge >= 0.3 is 0 Å². The van der Waals surface area contributed by atoms with Crippen molar-refractivity contribution in [3.8, 4) is 5.75 Å². The Morgan fingerprint density at radius 3 is 2.86 bits per heavy atom. The van der Waals surface area contributed by atoms with Crippen LogP contribution in [0, 0.1) is 12.7 Å². The standard InChI is InChI=1S/C16H12BrFN2O2/c1-10-4-5-20-15(6-10)19-12(8-16(20)21)9-22-14-3-2-11(18)7-13(14)17/h2-8H,9H2,1H3. The lowest BCUT2D eigenvalue weighted by Crippen LogP contribution is -2.16. The Morgan fingerprint density at radius 2 is 2.09 bits per heavy atom. The summed E-state index contributed by atoms with van der Waals surface area (Å²) in [7, 11) is 0. The van der Waals surface area contributed by atoms with Gasteiger partial charge in [-0.2, -0.15) is 0 Å². The Balaban J connectivity index is 1.89. The predicted molar refractivity (Wildman–Crippen MR) is 84.6 cm³/mol. The van der Waals surface area contributed by atoms with Gasteiger partial charge in [0.15, 0.2) is 0 Å². The van der Waals surface area contributed by atoms with Crippen LogP contribution in [0.25, 0.3) is 5.65 Å². The van der Waals surface area contributed by atoms with Crippen molar-refractivity contribution in [1.29, 1.82) is 0 Å². The third-order valence-corrected chi connectivity index (χ3v) is 3.76. The summed E-state index contributed by atoms with van der Waals surface area (Å²) in [5.74, 6) is 0.143. The number of rotatable bonds is 3. The molecule has 0 atom stereocenters. The Bertz CT molecular complexity index is 908. The van der Waals surface area contributed by atoms with Crippen molar-refractivity contribution >= 4 is 21.6 Å². The van der Waals surface area contributed by atoms with Gasteiger partial charge in [0.05, 0.1) is 10.2 Å². The highest BCUT2D eigenvalue weighted by Crippen LogP contribution is 2.26. The first-order valence-corrected chi connectivity index (χ1v) is 7.39. The molecular weight excluding hydrogens is 351 g/mol. The van der Waals surface area contributed by atoms with Gasteiger partial charge < -0.3 is 4.74 Å². The largest absolute Gasteiger partial charge is 0.486 e. The first kappa shape index (κ1) is 14.7. The van der Waals surface area contributed by atoms with Gasteiger partial charge in [0.1, 0.15) is 23.8 Å². The number of ether oxygens (including phenoxy) is 1. The Hall–Kier alpha value is -2.21. The maximum absolute atomic E-state index is 13.0. The van der Waals surface area contributed by atoms with E-state index in [1.54, 1.807) is 6.20 Å². The third-order valence-electron chi connectivity index (χ3n) is 3.15. The van der Waals surface area contributed by atoms with Crippen molar-refractivity contribution in [2.75, 3.05) is 0 Å². The van der Waals surface area contributed by atoms with Crippen LogP contribution in [0.1, 0.15) is 11.3 Å². The molecule has 112 valence electrons. The van der Waals surface area contributed by atoms with Crippen molar-refractivity contribution in [2.45, 2.75) is 13.5 Å². The number of fused-ring (bicyclic) bond motifs is 1. The van der Waals surface area contributed by atoms with Gasteiger partial charge in [0.2, 0.25) is 0 Å². The Kier molecular flexibility index (Phi) is 3.94. The molecule has 0 unspecified atom stereocenters. The summed E-state index contributed by atoms with van der Waals surface area (Å²) in [6.45, 7) is 2.06. The predicted octanol–water partition coefficient (Wildman–Crippen LogP) is 3.48. The van der Waals surface area contributed by atoms with Gasteiger partial charge in [0.25, 0.3) is 5.56 Å². The van der Waals surface area contributed by atoms with Gasteiger partial charge in [-0.1, -0.05) is 0 Å². The maximum Gasteiger partial charge on any atom is 0.258 e. The zero-order valence-corrected chi connectivity index (χ0v) is 13.3. The van der Waals surface area contributed by atoms with E-state index in [1.807, 2.05) is 19.1 Å². The zero-order valence-electron chi connectivity index (χ0n) is 11.7. The van der Waals surface area contributed by atoms with Crippen molar-refractivity contribution in [1.82, 2.24) is 9.38 Å². The number of halogens is 2. The molecule has 0 bridgehead atoms. The highest BCUT2D eigenvalue weighted by atomic mass is 79.9. The quantitative estimate of drug-likeness (QED) is 0.716. The van der Waals surface area contributed by atoms with Crippen LogP contribution in [0.2, 0.25) is 0 Å². The molecule has 0 radical (unpaired) electrons. The molecule has 0 spiro atoms. The number of hydrogen-bond acceptors (Lipinski definition) is 3. The molecule has 22 heavy (non-hydrogen) atoms. The van der Waals surface area contributed by atoms with E-state index in [2.05, 4.69) is 20.9 Å². The molecule has 1 aromatic carbocycles. The fourth-order valence-corrected chi connectivity index (χ4v) is 2.54. The van der Waals surface area contributed by atoms with E-state index in [0.29, 0.717) is 21.6 Å². The lowest BCUT2D eigenvalue weighted by atomic mass is 10.3. The second kappa shape index (κ2) is 5.88. The first-order chi connectivity index (χ1) is 10.5. The first-order valence-electron chi connectivity index (χ1n) is 6.60. The molecule has 0 aliphatic heterocycles. The van der Waals surface area contributed by atoms with Gasteiger partial charge in [-0.15, -0.1) is 0 Å². The normalized spacial score (nSPS) is 10.9. The fraction of sp³-hybridized carbons (Fsp3) is 0.125. The Morgan fingerprint density at radius 1 is 1.27 bits per heavy atom. The van der Waals surface area contributed by atoms with Crippen LogP contribution >= 0.6 is 15.9 Å². The second-order valence-electron chi connectivity index (χ2n) is 4.88. The SMILES string of the molecule is Cc1ccn2c(=O)cc(COc3ccc(F)cc3Br)nc2c1. The van der Waals surface area contributed by atoms with Crippen LogP contribution in [0.5, 0.6) is 5.75 Å². The summed E-state index contributed by atoms with van der Waals surface area (Å²) in [6, 6.07) is 9.27. The van der Waals surface area contributed by atoms with Gasteiger partial charge in [-0.05, 0) is 58.7 Å². The highest BCUT2D eigenvalue weighted by molar-refractivity contribution is 9.10. The van der Waals surface area contributed by atoms with E-state index < -0.39 is 0 Å². The van der Waals surface area contributed by atoms with Crippen molar-refractivity contribution in [2.24, 2.45) is 0 Å². The van der Waals surface area contributed by atoms with Crippen LogP contribution in [-0.2, 0) is 6.61 Å². The molecule has 0 fully saturated rings. The monoisotopic (exact) mass is 362 g/mol. The summed E-state index contributed by atoms with van der Waals surface area (Å²) in [4.78, 5) is 16.5. The molecule has 6 heteroatoms. The van der Waals surface area contributed by atoms with Gasteiger partial charge in [-0.3, -0.25) is 9.20 Å². The maximum atomic E-state index is 13.0. The van der Waals surface area contributed by atoms with Crippen molar-refractivity contribution in [3.63, 3.8) is 0 Å². The van der Waals surface area contributed by atoms with E-state index in [4.69, 9.17) is 4.74 Å². The molecule has 4 nitrogen and oxygen atoms in total. The fourth-order valence-electron chi connectivity index (χ4n) is 2.07. The minimum Gasteiger partial charge on any atom is -0.486 e. The Labute approximate surface area is 134 Å². The molecule has 0 N–H and O–H groups in total. The molecule has 0 aliphatic carbocycles. The van der Waals surface area contributed by atoms with Gasteiger partial charge in [-0.25, -0.2) is 9.37 Å². The van der Waals surface area contributed by atoms with Crippen molar-refractivity contribution in [3.05, 3.63) is 74.5 Å². The summed E-state index contributed by atoms with van der Waals surface area (Å²) >= 11 is 3.23. The van der Waals surface area contributed by atoms with E-state index in [9.17, 15) is 9.18 Å². The number of pyridine rings is 1. The van der Waals surface area contributed by atoms with E-state index >= 15 is 0 Å². The number of aryl methyl sites for hydroxylation is 1. The number of hydrogen-bond donors (Lipinski definition) is 0. The molecule has 0 saturated carbocycles. The van der Waals surface area contributed by atoms with E-state index in [0.717, 1.165) is 5.56 Å². The van der Waals surface area contributed by atoms with E-state index in [1.165, 1.54) is 28.7 Å². The zero-order chi connectivity index (χ0) is 15.7. The minimum atomic E-state index is -0.350. The molecule has 3 aromatic rings. The summed E-state index contributed by atoms with van der Waals surface area (Å²) in [6.07, 6.45) is 1.70. The molecule has 0 aliphatic rings. The highest BCUT2D eigenvalue weighted by Gasteiger charge is 2.06. The van der Waals surface area contributed by atoms with E-state index in [-0.39, 0.29) is 18.0 Å². The molecule has 0 amide bonds.